The minimum atomic E-state index is -0.373. The molecule has 0 aliphatic heterocycles. The van der Waals surface area contributed by atoms with Gasteiger partial charge in [0.15, 0.2) is 5.82 Å². The van der Waals surface area contributed by atoms with E-state index in [4.69, 9.17) is 10.5 Å². The number of aromatic nitrogens is 5. The van der Waals surface area contributed by atoms with Crippen molar-refractivity contribution in [2.75, 3.05) is 18.2 Å². The SMILES string of the molecule is COc1ccc(Nc2nc(N)nc(-n3c(C4CC4)nc4c(F)cccc43)n2)cc1. The Morgan fingerprint density at radius 1 is 1.07 bits per heavy atom. The number of rotatable bonds is 5. The number of anilines is 3. The van der Waals surface area contributed by atoms with Crippen molar-refractivity contribution in [1.29, 1.82) is 0 Å². The topological polar surface area (TPSA) is 104 Å². The van der Waals surface area contributed by atoms with Gasteiger partial charge in [0, 0.05) is 11.6 Å². The molecule has 0 unspecified atom stereocenters. The highest BCUT2D eigenvalue weighted by molar-refractivity contribution is 5.78. The largest absolute Gasteiger partial charge is 0.497 e. The van der Waals surface area contributed by atoms with Crippen LogP contribution in [0, 0.1) is 5.82 Å². The van der Waals surface area contributed by atoms with Gasteiger partial charge in [0.25, 0.3) is 0 Å². The van der Waals surface area contributed by atoms with E-state index in [0.717, 1.165) is 30.1 Å². The first-order valence-electron chi connectivity index (χ1n) is 9.22. The van der Waals surface area contributed by atoms with Gasteiger partial charge in [0.1, 0.15) is 17.1 Å². The number of imidazole rings is 1. The highest BCUT2D eigenvalue weighted by atomic mass is 19.1. The molecule has 1 aliphatic rings. The Hall–Kier alpha value is -3.75. The Morgan fingerprint density at radius 2 is 1.86 bits per heavy atom. The van der Waals surface area contributed by atoms with Crippen molar-refractivity contribution < 1.29 is 9.13 Å². The summed E-state index contributed by atoms with van der Waals surface area (Å²) in [5, 5.41) is 3.12. The number of benzene rings is 2. The molecule has 9 heteroatoms. The van der Waals surface area contributed by atoms with Crippen molar-refractivity contribution in [1.82, 2.24) is 24.5 Å². The zero-order valence-corrected chi connectivity index (χ0v) is 15.6. The fourth-order valence-corrected chi connectivity index (χ4v) is 3.25. The number of ether oxygens (including phenoxy) is 1. The monoisotopic (exact) mass is 391 g/mol. The van der Waals surface area contributed by atoms with Crippen LogP contribution < -0.4 is 15.8 Å². The third-order valence-corrected chi connectivity index (χ3v) is 4.79. The molecule has 0 bridgehead atoms. The molecule has 0 radical (unpaired) electrons. The standard InChI is InChI=1S/C20H18FN7O/c1-29-13-9-7-12(8-10-13)23-19-25-18(22)26-20(27-19)28-15-4-2-3-14(21)16(15)24-17(28)11-5-6-11/h2-4,7-11H,5-6H2,1H3,(H3,22,23,25,26,27). The maximum atomic E-state index is 14.3. The lowest BCUT2D eigenvalue weighted by atomic mass is 10.3. The molecule has 1 aliphatic carbocycles. The van der Waals surface area contributed by atoms with E-state index < -0.39 is 0 Å². The van der Waals surface area contributed by atoms with E-state index in [1.807, 2.05) is 24.3 Å². The summed E-state index contributed by atoms with van der Waals surface area (Å²) in [7, 11) is 1.61. The fraction of sp³-hybridized carbons (Fsp3) is 0.200. The number of nitrogen functional groups attached to an aromatic ring is 1. The van der Waals surface area contributed by atoms with Crippen molar-refractivity contribution in [3.05, 3.63) is 54.1 Å². The van der Waals surface area contributed by atoms with Gasteiger partial charge in [0.05, 0.1) is 12.6 Å². The van der Waals surface area contributed by atoms with E-state index in [1.165, 1.54) is 6.07 Å². The number of nitrogens with zero attached hydrogens (tertiary/aromatic N) is 5. The molecule has 3 N–H and O–H groups in total. The Kier molecular flexibility index (Phi) is 4.01. The molecule has 1 saturated carbocycles. The van der Waals surface area contributed by atoms with Crippen molar-refractivity contribution in [2.45, 2.75) is 18.8 Å². The summed E-state index contributed by atoms with van der Waals surface area (Å²) in [6.45, 7) is 0. The van der Waals surface area contributed by atoms with Crippen molar-refractivity contribution >= 4 is 28.6 Å². The van der Waals surface area contributed by atoms with Gasteiger partial charge in [-0.15, -0.1) is 0 Å². The molecule has 0 atom stereocenters. The van der Waals surface area contributed by atoms with Crippen LogP contribution in [0.25, 0.3) is 17.0 Å². The van der Waals surface area contributed by atoms with Crippen LogP contribution >= 0.6 is 0 Å². The number of methoxy groups -OCH3 is 1. The third-order valence-electron chi connectivity index (χ3n) is 4.79. The van der Waals surface area contributed by atoms with Crippen LogP contribution in [0.5, 0.6) is 5.75 Å². The lowest BCUT2D eigenvalue weighted by molar-refractivity contribution is 0.415. The van der Waals surface area contributed by atoms with Crippen molar-refractivity contribution in [3.63, 3.8) is 0 Å². The van der Waals surface area contributed by atoms with E-state index in [2.05, 4.69) is 25.3 Å². The molecule has 2 heterocycles. The van der Waals surface area contributed by atoms with E-state index in [-0.39, 0.29) is 23.6 Å². The first kappa shape index (κ1) is 17.4. The van der Waals surface area contributed by atoms with Gasteiger partial charge >= 0.3 is 0 Å². The average Bonchev–Trinajstić information content (AvgIpc) is 3.48. The molecule has 4 aromatic rings. The second-order valence-corrected chi connectivity index (χ2v) is 6.86. The summed E-state index contributed by atoms with van der Waals surface area (Å²) in [4.78, 5) is 17.5. The first-order valence-corrected chi connectivity index (χ1v) is 9.22. The lowest BCUT2D eigenvalue weighted by Crippen LogP contribution is -2.11. The van der Waals surface area contributed by atoms with Crippen LogP contribution in [0.3, 0.4) is 0 Å². The zero-order valence-electron chi connectivity index (χ0n) is 15.6. The molecular weight excluding hydrogens is 373 g/mol. The maximum Gasteiger partial charge on any atom is 0.242 e. The lowest BCUT2D eigenvalue weighted by Gasteiger charge is -2.10. The number of nitrogens with two attached hydrogens (primary N) is 1. The minimum absolute atomic E-state index is 0.0611. The Bertz CT molecular complexity index is 1200. The van der Waals surface area contributed by atoms with Gasteiger partial charge in [0.2, 0.25) is 17.8 Å². The predicted molar refractivity (Wildman–Crippen MR) is 107 cm³/mol. The smallest absolute Gasteiger partial charge is 0.242 e. The Balaban J connectivity index is 1.60. The summed E-state index contributed by atoms with van der Waals surface area (Å²) in [6, 6.07) is 12.2. The Labute approximate surface area is 165 Å². The van der Waals surface area contributed by atoms with Gasteiger partial charge in [-0.25, -0.2) is 9.37 Å². The van der Waals surface area contributed by atoms with Gasteiger partial charge in [-0.05, 0) is 49.2 Å². The van der Waals surface area contributed by atoms with Crippen LogP contribution in [0.2, 0.25) is 0 Å². The second-order valence-electron chi connectivity index (χ2n) is 6.86. The first-order chi connectivity index (χ1) is 14.1. The fourth-order valence-electron chi connectivity index (χ4n) is 3.25. The quantitative estimate of drug-likeness (QED) is 0.536. The number of hydrogen-bond acceptors (Lipinski definition) is 7. The van der Waals surface area contributed by atoms with Gasteiger partial charge in [-0.1, -0.05) is 6.07 Å². The molecule has 0 saturated heterocycles. The molecule has 0 spiro atoms. The number of halogens is 1. The van der Waals surface area contributed by atoms with Crippen LogP contribution in [0.1, 0.15) is 24.6 Å². The molecule has 29 heavy (non-hydrogen) atoms. The molecule has 5 rings (SSSR count). The summed E-state index contributed by atoms with van der Waals surface area (Å²) >= 11 is 0. The highest BCUT2D eigenvalue weighted by Crippen LogP contribution is 2.41. The molecule has 2 aromatic heterocycles. The van der Waals surface area contributed by atoms with Gasteiger partial charge in [-0.3, -0.25) is 4.57 Å². The van der Waals surface area contributed by atoms with Crippen LogP contribution in [0.4, 0.5) is 22.0 Å². The second kappa shape index (κ2) is 6.69. The summed E-state index contributed by atoms with van der Waals surface area (Å²) < 4.78 is 21.3. The van der Waals surface area contributed by atoms with E-state index in [0.29, 0.717) is 17.0 Å². The van der Waals surface area contributed by atoms with E-state index >= 15 is 0 Å². The van der Waals surface area contributed by atoms with Crippen LogP contribution in [0.15, 0.2) is 42.5 Å². The summed E-state index contributed by atoms with van der Waals surface area (Å²) in [5.41, 5.74) is 7.63. The average molecular weight is 391 g/mol. The number of hydrogen-bond donors (Lipinski definition) is 2. The molecule has 2 aromatic carbocycles. The molecule has 0 amide bonds. The molecule has 1 fully saturated rings. The normalized spacial score (nSPS) is 13.6. The maximum absolute atomic E-state index is 14.3. The number of fused-ring (bicyclic) bond motifs is 1. The van der Waals surface area contributed by atoms with E-state index in [1.54, 1.807) is 23.8 Å². The Morgan fingerprint density at radius 3 is 2.59 bits per heavy atom. The van der Waals surface area contributed by atoms with Crippen LogP contribution in [-0.4, -0.2) is 31.6 Å². The third kappa shape index (κ3) is 3.20. The molecule has 8 nitrogen and oxygen atoms in total. The van der Waals surface area contributed by atoms with E-state index in [9.17, 15) is 4.39 Å². The zero-order chi connectivity index (χ0) is 20.0. The van der Waals surface area contributed by atoms with Gasteiger partial charge < -0.3 is 15.8 Å². The van der Waals surface area contributed by atoms with Crippen molar-refractivity contribution in [3.8, 4) is 11.7 Å². The minimum Gasteiger partial charge on any atom is -0.497 e. The van der Waals surface area contributed by atoms with Gasteiger partial charge in [-0.2, -0.15) is 15.0 Å². The molecule has 146 valence electrons. The highest BCUT2D eigenvalue weighted by Gasteiger charge is 2.31. The number of para-hydroxylation sites is 1. The predicted octanol–water partition coefficient (Wildman–Crippen LogP) is 3.56. The van der Waals surface area contributed by atoms with Crippen molar-refractivity contribution in [2.24, 2.45) is 0 Å². The van der Waals surface area contributed by atoms with Crippen LogP contribution in [-0.2, 0) is 0 Å². The molecular formula is C20H18FN7O. The summed E-state index contributed by atoms with van der Waals surface area (Å²) in [6.07, 6.45) is 2.00. The summed E-state index contributed by atoms with van der Waals surface area (Å²) in [5.74, 6) is 2.03. The number of nitrogens with one attached hydrogen (secondary N) is 1.